The number of hydrogen-bond acceptors (Lipinski definition) is 10. The van der Waals surface area contributed by atoms with Crippen LogP contribution < -0.4 is 0 Å². The van der Waals surface area contributed by atoms with Gasteiger partial charge in [0.05, 0.1) is 17.4 Å². The fourth-order valence-corrected chi connectivity index (χ4v) is 3.73. The normalized spacial score (nSPS) is 17.6. The first-order valence-corrected chi connectivity index (χ1v) is 9.41. The molecule has 1 aliphatic rings. The van der Waals surface area contributed by atoms with Crippen LogP contribution in [0.4, 0.5) is 5.69 Å². The van der Waals surface area contributed by atoms with Crippen LogP contribution >= 0.6 is 0 Å². The van der Waals surface area contributed by atoms with Crippen molar-refractivity contribution >= 4 is 44.4 Å². The van der Waals surface area contributed by atoms with E-state index in [4.69, 9.17) is 5.26 Å². The van der Waals surface area contributed by atoms with Crippen molar-refractivity contribution in [2.45, 2.75) is 6.04 Å². The van der Waals surface area contributed by atoms with Crippen molar-refractivity contribution in [3.05, 3.63) is 30.0 Å². The highest BCUT2D eigenvalue weighted by atomic mass is 32.2. The first kappa shape index (κ1) is 18.4. The predicted octanol–water partition coefficient (Wildman–Crippen LogP) is -0.223. The molecular formula is C15H11N9O4S. The molecule has 2 amide bonds. The van der Waals surface area contributed by atoms with E-state index in [-0.39, 0.29) is 16.9 Å². The molecule has 3 aromatic rings. The van der Waals surface area contributed by atoms with Crippen LogP contribution in [0.15, 0.2) is 34.6 Å². The van der Waals surface area contributed by atoms with Gasteiger partial charge in [-0.3, -0.25) is 9.59 Å². The Kier molecular flexibility index (Phi) is 3.98. The molecule has 1 saturated heterocycles. The molecule has 0 saturated carbocycles. The Morgan fingerprint density at radius 1 is 1.14 bits per heavy atom. The summed E-state index contributed by atoms with van der Waals surface area (Å²) in [5.74, 6) is -2.01. The molecule has 14 heteroatoms. The summed E-state index contributed by atoms with van der Waals surface area (Å²) in [4.78, 5) is 24.4. The number of fused-ring (bicyclic) bond motifs is 3. The molecule has 4 rings (SSSR count). The van der Waals surface area contributed by atoms with Gasteiger partial charge in [0.25, 0.3) is 11.8 Å². The molecule has 0 aliphatic carbocycles. The minimum Gasteiger partial charge on any atom is -0.271 e. The summed E-state index contributed by atoms with van der Waals surface area (Å²) >= 11 is 0. The molecule has 1 aliphatic heterocycles. The van der Waals surface area contributed by atoms with Crippen LogP contribution in [-0.2, 0) is 19.8 Å². The molecule has 0 atom stereocenters. The number of hydrogen-bond donors (Lipinski definition) is 0. The highest BCUT2D eigenvalue weighted by Crippen LogP contribution is 2.23. The van der Waals surface area contributed by atoms with E-state index >= 15 is 0 Å². The molecule has 13 nitrogen and oxygen atoms in total. The lowest BCUT2D eigenvalue weighted by Crippen LogP contribution is -2.58. The Labute approximate surface area is 163 Å². The van der Waals surface area contributed by atoms with E-state index in [2.05, 4.69) is 25.5 Å². The van der Waals surface area contributed by atoms with Crippen LogP contribution in [0.1, 0.15) is 5.56 Å². The van der Waals surface area contributed by atoms with Gasteiger partial charge < -0.3 is 0 Å². The topological polar surface area (TPSA) is 166 Å². The molecule has 0 radical (unpaired) electrons. The van der Waals surface area contributed by atoms with E-state index in [1.807, 2.05) is 6.07 Å². The van der Waals surface area contributed by atoms with Gasteiger partial charge in [-0.25, -0.2) is 13.1 Å². The Balaban J connectivity index is 1.74. The number of benzene rings is 1. The fraction of sp³-hybridized carbons (Fsp3) is 0.200. The zero-order chi connectivity index (χ0) is 20.9. The van der Waals surface area contributed by atoms with Gasteiger partial charge in [-0.05, 0) is 18.2 Å². The minimum atomic E-state index is -4.20. The molecule has 0 spiro atoms. The summed E-state index contributed by atoms with van der Waals surface area (Å²) in [6.07, 6.45) is 1.35. The maximum Gasteiger partial charge on any atom is 0.330 e. The van der Waals surface area contributed by atoms with Gasteiger partial charge in [-0.1, -0.05) is 0 Å². The van der Waals surface area contributed by atoms with Gasteiger partial charge in [0.1, 0.15) is 17.1 Å². The van der Waals surface area contributed by atoms with Crippen LogP contribution in [0.5, 0.6) is 0 Å². The first-order chi connectivity index (χ1) is 13.8. The van der Waals surface area contributed by atoms with Crippen molar-refractivity contribution in [3.8, 4) is 6.07 Å². The number of likely N-dealkylation sites (N-methyl/N-ethyl adjacent to an activating group) is 2. The van der Waals surface area contributed by atoms with Crippen molar-refractivity contribution in [1.82, 2.24) is 28.4 Å². The minimum absolute atomic E-state index is 0.247. The average Bonchev–Trinajstić information content (AvgIpc) is 3.15. The Morgan fingerprint density at radius 2 is 1.83 bits per heavy atom. The molecule has 2 aromatic heterocycles. The van der Waals surface area contributed by atoms with Crippen LogP contribution in [-0.4, -0.2) is 68.8 Å². The number of azo groups is 1. The molecule has 3 heterocycles. The third-order valence-electron chi connectivity index (χ3n) is 4.37. The Morgan fingerprint density at radius 3 is 2.48 bits per heavy atom. The summed E-state index contributed by atoms with van der Waals surface area (Å²) in [5, 5.41) is 28.8. The van der Waals surface area contributed by atoms with Crippen molar-refractivity contribution in [2.75, 3.05) is 14.1 Å². The molecule has 0 unspecified atom stereocenters. The SMILES string of the molecule is CN1C(=O)C(/N=N/c2ccc3nnc4c(C#N)cnn4c3c2)C(=O)N(C)S1(=O)=O. The number of carbonyl (C=O) groups excluding carboxylic acids is 2. The lowest BCUT2D eigenvalue weighted by atomic mass is 10.2. The van der Waals surface area contributed by atoms with E-state index in [1.165, 1.54) is 22.8 Å². The quantitative estimate of drug-likeness (QED) is 0.410. The highest BCUT2D eigenvalue weighted by Gasteiger charge is 2.46. The smallest absolute Gasteiger partial charge is 0.271 e. The zero-order valence-corrected chi connectivity index (χ0v) is 15.8. The van der Waals surface area contributed by atoms with Crippen molar-refractivity contribution in [1.29, 1.82) is 5.26 Å². The molecule has 146 valence electrons. The van der Waals surface area contributed by atoms with Crippen LogP contribution in [0, 0.1) is 11.3 Å². The Bertz CT molecular complexity index is 1340. The maximum absolute atomic E-state index is 12.2. The predicted molar refractivity (Wildman–Crippen MR) is 95.8 cm³/mol. The highest BCUT2D eigenvalue weighted by molar-refractivity contribution is 7.88. The second kappa shape index (κ2) is 6.27. The van der Waals surface area contributed by atoms with Crippen molar-refractivity contribution < 1.29 is 18.0 Å². The van der Waals surface area contributed by atoms with E-state index in [0.29, 0.717) is 19.6 Å². The number of nitriles is 1. The average molecular weight is 413 g/mol. The molecule has 0 N–H and O–H groups in total. The Hall–Kier alpha value is -3.99. The third kappa shape index (κ3) is 2.67. The van der Waals surface area contributed by atoms with Crippen LogP contribution in [0.3, 0.4) is 0 Å². The molecule has 1 aromatic carbocycles. The zero-order valence-electron chi connectivity index (χ0n) is 15.0. The summed E-state index contributed by atoms with van der Waals surface area (Å²) in [5.41, 5.74) is 1.72. The van der Waals surface area contributed by atoms with Gasteiger partial charge in [0, 0.05) is 14.1 Å². The first-order valence-electron chi connectivity index (χ1n) is 8.01. The van der Waals surface area contributed by atoms with Crippen molar-refractivity contribution in [3.63, 3.8) is 0 Å². The summed E-state index contributed by atoms with van der Waals surface area (Å²) in [6.45, 7) is 0. The number of amides is 2. The monoisotopic (exact) mass is 413 g/mol. The van der Waals surface area contributed by atoms with Gasteiger partial charge in [-0.15, -0.1) is 10.2 Å². The molecule has 1 fully saturated rings. The standard InChI is InChI=1S/C15H11N9O4S/c1-22-14(25)12(15(26)23(2)29(22,27)28)20-18-9-3-4-10-11(5-9)24-13(21-19-10)8(6-16)7-17-24/h3-5,7,12H,1-2H3/b20-18+. The summed E-state index contributed by atoms with van der Waals surface area (Å²) in [6, 6.07) is 4.99. The fourth-order valence-electron chi connectivity index (χ4n) is 2.71. The van der Waals surface area contributed by atoms with Gasteiger partial charge >= 0.3 is 10.2 Å². The molecular weight excluding hydrogens is 402 g/mol. The molecule has 29 heavy (non-hydrogen) atoms. The van der Waals surface area contributed by atoms with Gasteiger partial charge in [0.15, 0.2) is 5.65 Å². The number of rotatable bonds is 2. The second-order valence-electron chi connectivity index (χ2n) is 6.02. The number of aromatic nitrogens is 4. The molecule has 0 bridgehead atoms. The lowest BCUT2D eigenvalue weighted by molar-refractivity contribution is -0.139. The second-order valence-corrected chi connectivity index (χ2v) is 8.01. The number of nitrogens with zero attached hydrogens (tertiary/aromatic N) is 9. The summed E-state index contributed by atoms with van der Waals surface area (Å²) in [7, 11) is -2.11. The third-order valence-corrected chi connectivity index (χ3v) is 6.12. The lowest BCUT2D eigenvalue weighted by Gasteiger charge is -2.31. The van der Waals surface area contributed by atoms with Crippen LogP contribution in [0.25, 0.3) is 16.7 Å². The van der Waals surface area contributed by atoms with Gasteiger partial charge in [0.2, 0.25) is 6.04 Å². The maximum atomic E-state index is 12.2. The largest absolute Gasteiger partial charge is 0.330 e. The van der Waals surface area contributed by atoms with E-state index in [0.717, 1.165) is 14.1 Å². The van der Waals surface area contributed by atoms with E-state index in [9.17, 15) is 18.0 Å². The van der Waals surface area contributed by atoms with Gasteiger partial charge in [-0.2, -0.15) is 29.0 Å². The van der Waals surface area contributed by atoms with E-state index < -0.39 is 28.1 Å². The number of carbonyl (C=O) groups is 2. The van der Waals surface area contributed by atoms with Crippen LogP contribution in [0.2, 0.25) is 0 Å². The summed E-state index contributed by atoms with van der Waals surface area (Å²) < 4.78 is 26.2. The van der Waals surface area contributed by atoms with Crippen molar-refractivity contribution in [2.24, 2.45) is 10.2 Å². The van der Waals surface area contributed by atoms with E-state index in [1.54, 1.807) is 6.07 Å².